The van der Waals surface area contributed by atoms with E-state index >= 15 is 0 Å². The Hall–Kier alpha value is -1.79. The average molecular weight is 329 g/mol. The molecule has 2 fully saturated rings. The van der Waals surface area contributed by atoms with Gasteiger partial charge in [-0.2, -0.15) is 16.9 Å². The Labute approximate surface area is 139 Å². The first-order chi connectivity index (χ1) is 11.3. The number of hydrogen-bond donors (Lipinski definition) is 1. The van der Waals surface area contributed by atoms with Gasteiger partial charge in [-0.3, -0.25) is 9.89 Å². The van der Waals surface area contributed by atoms with Crippen molar-refractivity contribution >= 4 is 17.7 Å². The molecule has 1 aromatic heterocycles. The average Bonchev–Trinajstić information content (AvgIpc) is 3.11. The normalized spacial score (nSPS) is 24.3. The zero-order chi connectivity index (χ0) is 15.6. The minimum Gasteiger partial charge on any atom is -0.380 e. The molecule has 0 radical (unpaired) electrons. The molecule has 0 spiro atoms. The van der Waals surface area contributed by atoms with Crippen LogP contribution in [0.5, 0.6) is 0 Å². The Morgan fingerprint density at radius 1 is 1.35 bits per heavy atom. The van der Waals surface area contributed by atoms with Crippen molar-refractivity contribution in [3.63, 3.8) is 0 Å². The van der Waals surface area contributed by atoms with E-state index in [1.807, 2.05) is 53.1 Å². The van der Waals surface area contributed by atoms with Gasteiger partial charge < -0.3 is 9.64 Å². The molecule has 5 nitrogen and oxygen atoms in total. The summed E-state index contributed by atoms with van der Waals surface area (Å²) in [4.78, 5) is 14.9. The first-order valence-electron chi connectivity index (χ1n) is 7.94. The first kappa shape index (κ1) is 14.8. The lowest BCUT2D eigenvalue weighted by molar-refractivity contribution is 0.0315. The third kappa shape index (κ3) is 2.88. The quantitative estimate of drug-likeness (QED) is 0.919. The Kier molecular flexibility index (Phi) is 4.10. The minimum absolute atomic E-state index is 0.0527. The van der Waals surface area contributed by atoms with E-state index in [1.165, 1.54) is 0 Å². The summed E-state index contributed by atoms with van der Waals surface area (Å²) < 4.78 is 5.56. The number of carbonyl (C=O) groups is 1. The summed E-state index contributed by atoms with van der Waals surface area (Å²) >= 11 is 1.92. The van der Waals surface area contributed by atoms with Crippen LogP contribution in [0, 0.1) is 0 Å². The van der Waals surface area contributed by atoms with E-state index in [-0.39, 0.29) is 11.9 Å². The molecule has 0 saturated carbocycles. The number of rotatable bonds is 2. The number of nitrogens with zero attached hydrogens (tertiary/aromatic N) is 2. The Morgan fingerprint density at radius 3 is 3.09 bits per heavy atom. The van der Waals surface area contributed by atoms with Crippen molar-refractivity contribution in [2.45, 2.75) is 17.7 Å². The number of nitrogens with one attached hydrogen (secondary N) is 1. The summed E-state index contributed by atoms with van der Waals surface area (Å²) in [5.74, 6) is 1.02. The number of carbonyl (C=O) groups excluding carboxylic acids is 1. The van der Waals surface area contributed by atoms with Gasteiger partial charge in [0.25, 0.3) is 5.91 Å². The van der Waals surface area contributed by atoms with E-state index in [1.54, 1.807) is 0 Å². The zero-order valence-corrected chi connectivity index (χ0v) is 13.6. The SMILES string of the molecule is O=C(c1cc(-c2ccccc2)n[nH]1)N1CCSC2COCCC21. The number of thioether (sulfide) groups is 1. The van der Waals surface area contributed by atoms with E-state index in [0.717, 1.165) is 43.2 Å². The molecule has 3 heterocycles. The summed E-state index contributed by atoms with van der Waals surface area (Å²) in [7, 11) is 0. The number of benzene rings is 1. The number of hydrogen-bond acceptors (Lipinski definition) is 4. The lowest BCUT2D eigenvalue weighted by Crippen LogP contribution is -2.54. The standard InChI is InChI=1S/C17H19N3O2S/c21-17(20-7-9-23-16-11-22-8-6-15(16)20)14-10-13(18-19-14)12-4-2-1-3-5-12/h1-5,10,15-16H,6-9,11H2,(H,18,19). The van der Waals surface area contributed by atoms with Crippen LogP contribution in [0.2, 0.25) is 0 Å². The number of amides is 1. The molecule has 1 aromatic carbocycles. The van der Waals surface area contributed by atoms with Gasteiger partial charge in [-0.15, -0.1) is 0 Å². The lowest BCUT2D eigenvalue weighted by atomic mass is 10.1. The fourth-order valence-corrected chi connectivity index (χ4v) is 4.58. The van der Waals surface area contributed by atoms with Gasteiger partial charge in [0.2, 0.25) is 0 Å². The van der Waals surface area contributed by atoms with Crippen molar-refractivity contribution in [2.24, 2.45) is 0 Å². The molecular weight excluding hydrogens is 310 g/mol. The topological polar surface area (TPSA) is 58.2 Å². The van der Waals surface area contributed by atoms with Crippen LogP contribution in [-0.2, 0) is 4.74 Å². The van der Waals surface area contributed by atoms with E-state index in [2.05, 4.69) is 10.2 Å². The summed E-state index contributed by atoms with van der Waals surface area (Å²) in [6.07, 6.45) is 0.920. The molecule has 0 bridgehead atoms. The van der Waals surface area contributed by atoms with Crippen molar-refractivity contribution in [1.82, 2.24) is 15.1 Å². The van der Waals surface area contributed by atoms with Crippen molar-refractivity contribution in [3.05, 3.63) is 42.1 Å². The zero-order valence-electron chi connectivity index (χ0n) is 12.8. The van der Waals surface area contributed by atoms with Crippen LogP contribution in [0.1, 0.15) is 16.9 Å². The van der Waals surface area contributed by atoms with Crippen molar-refractivity contribution in [3.8, 4) is 11.3 Å². The smallest absolute Gasteiger partial charge is 0.272 e. The van der Waals surface area contributed by atoms with Gasteiger partial charge in [-0.1, -0.05) is 30.3 Å². The number of ether oxygens (including phenoxy) is 1. The third-order valence-corrected chi connectivity index (χ3v) is 5.77. The van der Waals surface area contributed by atoms with Crippen molar-refractivity contribution < 1.29 is 9.53 Å². The van der Waals surface area contributed by atoms with Crippen LogP contribution in [0.4, 0.5) is 0 Å². The molecule has 1 N–H and O–H groups in total. The molecule has 2 unspecified atom stereocenters. The van der Waals surface area contributed by atoms with Crippen LogP contribution >= 0.6 is 11.8 Å². The Bertz CT molecular complexity index is 686. The van der Waals surface area contributed by atoms with Crippen LogP contribution in [0.25, 0.3) is 11.3 Å². The van der Waals surface area contributed by atoms with E-state index in [4.69, 9.17) is 4.74 Å². The second kappa shape index (κ2) is 6.37. The molecule has 120 valence electrons. The molecule has 2 saturated heterocycles. The summed E-state index contributed by atoms with van der Waals surface area (Å²) in [6, 6.07) is 12.0. The molecular formula is C17H19N3O2S. The molecule has 2 aliphatic rings. The monoisotopic (exact) mass is 329 g/mol. The highest BCUT2D eigenvalue weighted by Gasteiger charge is 2.37. The van der Waals surface area contributed by atoms with Gasteiger partial charge in [-0.25, -0.2) is 0 Å². The maximum absolute atomic E-state index is 12.9. The maximum atomic E-state index is 12.9. The van der Waals surface area contributed by atoms with Crippen molar-refractivity contribution in [1.29, 1.82) is 0 Å². The Balaban J connectivity index is 1.56. The summed E-state index contributed by atoms with van der Waals surface area (Å²) in [5, 5.41) is 7.62. The summed E-state index contributed by atoms with van der Waals surface area (Å²) in [5.41, 5.74) is 2.39. The van der Waals surface area contributed by atoms with Crippen LogP contribution < -0.4 is 0 Å². The fraction of sp³-hybridized carbons (Fsp3) is 0.412. The second-order valence-corrected chi connectivity index (χ2v) is 7.22. The molecule has 6 heteroatoms. The fourth-order valence-electron chi connectivity index (χ4n) is 3.28. The molecule has 1 amide bonds. The van der Waals surface area contributed by atoms with Crippen LogP contribution in [0.3, 0.4) is 0 Å². The first-order valence-corrected chi connectivity index (χ1v) is 8.99. The Morgan fingerprint density at radius 2 is 2.22 bits per heavy atom. The molecule has 2 atom stereocenters. The highest BCUT2D eigenvalue weighted by Crippen LogP contribution is 2.31. The predicted molar refractivity (Wildman–Crippen MR) is 90.5 cm³/mol. The molecule has 4 rings (SSSR count). The van der Waals surface area contributed by atoms with Gasteiger partial charge in [0.05, 0.1) is 12.3 Å². The molecule has 2 aliphatic heterocycles. The largest absolute Gasteiger partial charge is 0.380 e. The maximum Gasteiger partial charge on any atom is 0.272 e. The van der Waals surface area contributed by atoms with Crippen LogP contribution in [-0.4, -0.2) is 57.8 Å². The lowest BCUT2D eigenvalue weighted by Gasteiger charge is -2.43. The van der Waals surface area contributed by atoms with Crippen LogP contribution in [0.15, 0.2) is 36.4 Å². The molecule has 2 aromatic rings. The number of fused-ring (bicyclic) bond motifs is 1. The predicted octanol–water partition coefficient (Wildman–Crippen LogP) is 2.42. The molecule has 23 heavy (non-hydrogen) atoms. The van der Waals surface area contributed by atoms with Gasteiger partial charge in [0, 0.05) is 35.8 Å². The number of aromatic amines is 1. The molecule has 0 aliphatic carbocycles. The second-order valence-electron chi connectivity index (χ2n) is 5.87. The highest BCUT2D eigenvalue weighted by molar-refractivity contribution is 8.00. The van der Waals surface area contributed by atoms with Gasteiger partial charge in [0.15, 0.2) is 0 Å². The van der Waals surface area contributed by atoms with E-state index in [9.17, 15) is 4.79 Å². The van der Waals surface area contributed by atoms with E-state index < -0.39 is 0 Å². The summed E-state index contributed by atoms with van der Waals surface area (Å²) in [6.45, 7) is 2.28. The number of aromatic nitrogens is 2. The van der Waals surface area contributed by atoms with Gasteiger partial charge in [-0.05, 0) is 12.5 Å². The van der Waals surface area contributed by atoms with E-state index in [0.29, 0.717) is 10.9 Å². The van der Waals surface area contributed by atoms with Crippen molar-refractivity contribution in [2.75, 3.05) is 25.5 Å². The third-order valence-electron chi connectivity index (χ3n) is 4.47. The number of H-pyrrole nitrogens is 1. The highest BCUT2D eigenvalue weighted by atomic mass is 32.2. The van der Waals surface area contributed by atoms with Gasteiger partial charge >= 0.3 is 0 Å². The van der Waals surface area contributed by atoms with Gasteiger partial charge in [0.1, 0.15) is 5.69 Å². The minimum atomic E-state index is 0.0527.